The number of likely N-dealkylation sites (N-methyl/N-ethyl adjacent to an activating group) is 1. The summed E-state index contributed by atoms with van der Waals surface area (Å²) in [5, 5.41) is 3.65. The van der Waals surface area contributed by atoms with Crippen LogP contribution in [0.25, 0.3) is 0 Å². The van der Waals surface area contributed by atoms with Crippen LogP contribution in [0.1, 0.15) is 52.9 Å². The third-order valence-electron chi connectivity index (χ3n) is 4.97. The average molecular weight is 255 g/mol. The van der Waals surface area contributed by atoms with Crippen LogP contribution >= 0.6 is 0 Å². The molecule has 0 aromatic rings. The first kappa shape index (κ1) is 14.3. The SMILES string of the molecule is CCNC(C1CCOC2(CCC2)C1)C(C)(C)OC. The third kappa shape index (κ3) is 2.73. The van der Waals surface area contributed by atoms with Gasteiger partial charge in [0.1, 0.15) is 0 Å². The van der Waals surface area contributed by atoms with Crippen LogP contribution < -0.4 is 5.32 Å². The minimum Gasteiger partial charge on any atom is -0.377 e. The molecule has 1 saturated heterocycles. The van der Waals surface area contributed by atoms with E-state index in [1.54, 1.807) is 0 Å². The molecule has 1 saturated carbocycles. The van der Waals surface area contributed by atoms with Gasteiger partial charge < -0.3 is 14.8 Å². The van der Waals surface area contributed by atoms with Gasteiger partial charge in [0.25, 0.3) is 0 Å². The van der Waals surface area contributed by atoms with Crippen molar-refractivity contribution in [3.05, 3.63) is 0 Å². The van der Waals surface area contributed by atoms with E-state index >= 15 is 0 Å². The van der Waals surface area contributed by atoms with E-state index in [4.69, 9.17) is 9.47 Å². The molecule has 0 amide bonds. The van der Waals surface area contributed by atoms with Crippen molar-refractivity contribution in [1.29, 1.82) is 0 Å². The second kappa shape index (κ2) is 5.48. The predicted octanol–water partition coefficient (Wildman–Crippen LogP) is 2.74. The van der Waals surface area contributed by atoms with Gasteiger partial charge in [-0.05, 0) is 58.4 Å². The summed E-state index contributed by atoms with van der Waals surface area (Å²) in [7, 11) is 1.82. The van der Waals surface area contributed by atoms with Crippen LogP contribution in [0.5, 0.6) is 0 Å². The maximum Gasteiger partial charge on any atom is 0.0777 e. The molecular weight excluding hydrogens is 226 g/mol. The van der Waals surface area contributed by atoms with Crippen LogP contribution in [0, 0.1) is 5.92 Å². The van der Waals surface area contributed by atoms with Gasteiger partial charge in [0.15, 0.2) is 0 Å². The lowest BCUT2D eigenvalue weighted by Crippen LogP contribution is -2.57. The number of hydrogen-bond donors (Lipinski definition) is 1. The molecule has 1 spiro atoms. The maximum absolute atomic E-state index is 6.04. The van der Waals surface area contributed by atoms with Gasteiger partial charge >= 0.3 is 0 Å². The Morgan fingerprint density at radius 2 is 2.17 bits per heavy atom. The second-order valence-corrected chi connectivity index (χ2v) is 6.48. The van der Waals surface area contributed by atoms with Crippen molar-refractivity contribution in [2.75, 3.05) is 20.3 Å². The zero-order valence-electron chi connectivity index (χ0n) is 12.4. The lowest BCUT2D eigenvalue weighted by Gasteiger charge is -2.51. The van der Waals surface area contributed by atoms with Crippen LogP contribution in [0.15, 0.2) is 0 Å². The molecule has 2 fully saturated rings. The summed E-state index contributed by atoms with van der Waals surface area (Å²) in [6.45, 7) is 8.50. The zero-order chi connectivity index (χ0) is 13.2. The number of methoxy groups -OCH3 is 1. The number of ether oxygens (including phenoxy) is 2. The van der Waals surface area contributed by atoms with E-state index in [0.29, 0.717) is 12.0 Å². The van der Waals surface area contributed by atoms with Crippen LogP contribution in [0.3, 0.4) is 0 Å². The molecule has 2 rings (SSSR count). The third-order valence-corrected chi connectivity index (χ3v) is 4.97. The van der Waals surface area contributed by atoms with E-state index in [9.17, 15) is 0 Å². The Bertz CT molecular complexity index is 274. The van der Waals surface area contributed by atoms with Gasteiger partial charge in [-0.3, -0.25) is 0 Å². The molecule has 2 unspecified atom stereocenters. The van der Waals surface area contributed by atoms with E-state index in [0.717, 1.165) is 19.6 Å². The van der Waals surface area contributed by atoms with Crippen molar-refractivity contribution in [3.63, 3.8) is 0 Å². The monoisotopic (exact) mass is 255 g/mol. The van der Waals surface area contributed by atoms with Crippen molar-refractivity contribution >= 4 is 0 Å². The number of rotatable bonds is 5. The molecule has 1 heterocycles. The Morgan fingerprint density at radius 3 is 2.67 bits per heavy atom. The summed E-state index contributed by atoms with van der Waals surface area (Å²) in [5.41, 5.74) is 0.114. The lowest BCUT2D eigenvalue weighted by molar-refractivity contribution is -0.157. The standard InChI is InChI=1S/C15H29NO2/c1-5-16-13(14(2,3)17-4)12-7-10-18-15(11-12)8-6-9-15/h12-13,16H,5-11H2,1-4H3. The van der Waals surface area contributed by atoms with Crippen LogP contribution in [-0.4, -0.2) is 37.5 Å². The molecular formula is C15H29NO2. The highest BCUT2D eigenvalue weighted by Gasteiger charge is 2.46. The molecule has 2 aliphatic rings. The molecule has 3 nitrogen and oxygen atoms in total. The molecule has 2 atom stereocenters. The van der Waals surface area contributed by atoms with Crippen molar-refractivity contribution < 1.29 is 9.47 Å². The fraction of sp³-hybridized carbons (Fsp3) is 1.00. The number of hydrogen-bond acceptors (Lipinski definition) is 3. The van der Waals surface area contributed by atoms with Gasteiger partial charge in [-0.1, -0.05) is 6.92 Å². The van der Waals surface area contributed by atoms with Gasteiger partial charge in [0, 0.05) is 19.8 Å². The first-order chi connectivity index (χ1) is 8.53. The molecule has 106 valence electrons. The van der Waals surface area contributed by atoms with Gasteiger partial charge in [0.2, 0.25) is 0 Å². The average Bonchev–Trinajstić information content (AvgIpc) is 2.34. The van der Waals surface area contributed by atoms with Gasteiger partial charge in [-0.15, -0.1) is 0 Å². The molecule has 0 aromatic carbocycles. The molecule has 0 aromatic heterocycles. The summed E-state index contributed by atoms with van der Waals surface area (Å²) in [6, 6.07) is 0.425. The highest BCUT2D eigenvalue weighted by Crippen LogP contribution is 2.46. The normalized spacial score (nSPS) is 29.0. The van der Waals surface area contributed by atoms with E-state index in [2.05, 4.69) is 26.1 Å². The molecule has 3 heteroatoms. The van der Waals surface area contributed by atoms with Gasteiger partial charge in [0.05, 0.1) is 11.2 Å². The minimum absolute atomic E-state index is 0.108. The van der Waals surface area contributed by atoms with Crippen molar-refractivity contribution in [1.82, 2.24) is 5.32 Å². The van der Waals surface area contributed by atoms with Crippen molar-refractivity contribution in [3.8, 4) is 0 Å². The Labute approximate surface area is 112 Å². The van der Waals surface area contributed by atoms with Crippen molar-refractivity contribution in [2.45, 2.75) is 70.1 Å². The molecule has 1 N–H and O–H groups in total. The summed E-state index contributed by atoms with van der Waals surface area (Å²) < 4.78 is 11.8. The van der Waals surface area contributed by atoms with E-state index in [-0.39, 0.29) is 11.2 Å². The highest BCUT2D eigenvalue weighted by atomic mass is 16.5. The highest BCUT2D eigenvalue weighted by molar-refractivity contribution is 5.00. The van der Waals surface area contributed by atoms with Gasteiger partial charge in [-0.2, -0.15) is 0 Å². The van der Waals surface area contributed by atoms with E-state index in [1.807, 2.05) is 7.11 Å². The fourth-order valence-electron chi connectivity index (χ4n) is 3.60. The summed E-state index contributed by atoms with van der Waals surface area (Å²) in [4.78, 5) is 0. The Hall–Kier alpha value is -0.120. The summed E-state index contributed by atoms with van der Waals surface area (Å²) in [6.07, 6.45) is 6.22. The molecule has 1 aliphatic carbocycles. The first-order valence-corrected chi connectivity index (χ1v) is 7.45. The summed E-state index contributed by atoms with van der Waals surface area (Å²) in [5.74, 6) is 0.675. The van der Waals surface area contributed by atoms with Crippen LogP contribution in [0.2, 0.25) is 0 Å². The number of nitrogens with one attached hydrogen (secondary N) is 1. The Kier molecular flexibility index (Phi) is 4.35. The zero-order valence-corrected chi connectivity index (χ0v) is 12.4. The molecule has 1 aliphatic heterocycles. The topological polar surface area (TPSA) is 30.5 Å². The molecule has 18 heavy (non-hydrogen) atoms. The molecule has 0 radical (unpaired) electrons. The Morgan fingerprint density at radius 1 is 1.44 bits per heavy atom. The predicted molar refractivity (Wildman–Crippen MR) is 73.8 cm³/mol. The quantitative estimate of drug-likeness (QED) is 0.819. The minimum atomic E-state index is -0.108. The second-order valence-electron chi connectivity index (χ2n) is 6.48. The summed E-state index contributed by atoms with van der Waals surface area (Å²) >= 11 is 0. The van der Waals surface area contributed by atoms with E-state index < -0.39 is 0 Å². The largest absolute Gasteiger partial charge is 0.377 e. The van der Waals surface area contributed by atoms with Crippen LogP contribution in [0.4, 0.5) is 0 Å². The molecule has 0 bridgehead atoms. The fourth-order valence-corrected chi connectivity index (χ4v) is 3.60. The smallest absolute Gasteiger partial charge is 0.0777 e. The maximum atomic E-state index is 6.04. The van der Waals surface area contributed by atoms with Crippen LogP contribution in [-0.2, 0) is 9.47 Å². The van der Waals surface area contributed by atoms with Crippen molar-refractivity contribution in [2.24, 2.45) is 5.92 Å². The Balaban J connectivity index is 2.05. The van der Waals surface area contributed by atoms with E-state index in [1.165, 1.54) is 25.7 Å². The lowest BCUT2D eigenvalue weighted by atomic mass is 9.68. The van der Waals surface area contributed by atoms with Gasteiger partial charge in [-0.25, -0.2) is 0 Å². The first-order valence-electron chi connectivity index (χ1n) is 7.45.